The predicted molar refractivity (Wildman–Crippen MR) is 152 cm³/mol. The highest BCUT2D eigenvalue weighted by Gasteiger charge is 2.33. The topological polar surface area (TPSA) is 86.8 Å². The maximum absolute atomic E-state index is 14.0. The van der Waals surface area contributed by atoms with Crippen molar-refractivity contribution in [3.05, 3.63) is 94.5 Å². The summed E-state index contributed by atoms with van der Waals surface area (Å²) in [5, 5.41) is 2.78. The second kappa shape index (κ2) is 12.3. The van der Waals surface area contributed by atoms with Crippen molar-refractivity contribution >= 4 is 27.5 Å². The van der Waals surface area contributed by atoms with E-state index in [1.165, 1.54) is 4.90 Å². The molecule has 0 heterocycles. The van der Waals surface area contributed by atoms with Gasteiger partial charge >= 0.3 is 0 Å². The summed E-state index contributed by atoms with van der Waals surface area (Å²) in [5.74, 6) is -0.766. The van der Waals surface area contributed by atoms with Gasteiger partial charge in [0.25, 0.3) is 10.0 Å². The third kappa shape index (κ3) is 6.61. The third-order valence-corrected chi connectivity index (χ3v) is 8.42. The largest absolute Gasteiger partial charge is 0.355 e. The molecule has 1 N–H and O–H groups in total. The molecule has 0 radical (unpaired) electrons. The SMILES string of the molecule is CCNC(=O)[C@H](C)N(Cc1ccccc1C)C(=O)CN(c1cc(C)ccc1C)S(=O)(=O)c1ccc(C)cc1. The van der Waals surface area contributed by atoms with E-state index in [-0.39, 0.29) is 17.3 Å². The molecule has 0 aliphatic heterocycles. The molecule has 38 heavy (non-hydrogen) atoms. The van der Waals surface area contributed by atoms with Crippen LogP contribution in [0.25, 0.3) is 0 Å². The van der Waals surface area contributed by atoms with Crippen molar-refractivity contribution in [3.63, 3.8) is 0 Å². The number of anilines is 1. The van der Waals surface area contributed by atoms with E-state index in [9.17, 15) is 18.0 Å². The number of sulfonamides is 1. The van der Waals surface area contributed by atoms with Gasteiger partial charge in [-0.15, -0.1) is 0 Å². The molecule has 0 saturated carbocycles. The van der Waals surface area contributed by atoms with Crippen LogP contribution in [-0.2, 0) is 26.2 Å². The first-order valence-electron chi connectivity index (χ1n) is 12.7. The number of hydrogen-bond acceptors (Lipinski definition) is 4. The van der Waals surface area contributed by atoms with Crippen LogP contribution in [0.1, 0.15) is 41.7 Å². The summed E-state index contributed by atoms with van der Waals surface area (Å²) in [6, 6.07) is 18.9. The Morgan fingerprint density at radius 2 is 1.50 bits per heavy atom. The van der Waals surface area contributed by atoms with E-state index in [0.29, 0.717) is 12.2 Å². The average Bonchev–Trinajstić information content (AvgIpc) is 2.88. The van der Waals surface area contributed by atoms with Crippen LogP contribution >= 0.6 is 0 Å². The van der Waals surface area contributed by atoms with E-state index in [4.69, 9.17) is 0 Å². The van der Waals surface area contributed by atoms with Crippen LogP contribution in [0.15, 0.2) is 71.6 Å². The Labute approximate surface area is 226 Å². The Hall–Kier alpha value is -3.65. The number of nitrogens with one attached hydrogen (secondary N) is 1. The van der Waals surface area contributed by atoms with E-state index in [1.54, 1.807) is 37.3 Å². The number of likely N-dealkylation sites (N-methyl/N-ethyl adjacent to an activating group) is 1. The Bertz CT molecular complexity index is 1400. The van der Waals surface area contributed by atoms with Gasteiger partial charge in [-0.3, -0.25) is 13.9 Å². The monoisotopic (exact) mass is 535 g/mol. The van der Waals surface area contributed by atoms with Gasteiger partial charge in [0.05, 0.1) is 10.6 Å². The fourth-order valence-corrected chi connectivity index (χ4v) is 5.69. The highest BCUT2D eigenvalue weighted by Crippen LogP contribution is 2.29. The smallest absolute Gasteiger partial charge is 0.264 e. The zero-order valence-electron chi connectivity index (χ0n) is 23.0. The number of nitrogens with zero attached hydrogens (tertiary/aromatic N) is 2. The minimum absolute atomic E-state index is 0.0963. The summed E-state index contributed by atoms with van der Waals surface area (Å²) in [6.45, 7) is 11.2. The molecular weight excluding hydrogens is 498 g/mol. The first kappa shape index (κ1) is 28.9. The molecule has 3 aromatic rings. The quantitative estimate of drug-likeness (QED) is 0.409. The van der Waals surface area contributed by atoms with Gasteiger partial charge in [0, 0.05) is 13.1 Å². The standard InChI is InChI=1S/C30H37N3O4S/c1-7-31-30(35)25(6)32(19-26-11-9-8-10-23(26)4)29(34)20-33(28-18-22(3)12-15-24(28)5)38(36,37)27-16-13-21(2)14-17-27/h8-18,25H,7,19-20H2,1-6H3,(H,31,35)/t25-/m0/s1. The van der Waals surface area contributed by atoms with Crippen molar-refractivity contribution in [3.8, 4) is 0 Å². The summed E-state index contributed by atoms with van der Waals surface area (Å²) < 4.78 is 29.1. The van der Waals surface area contributed by atoms with Crippen molar-refractivity contribution in [2.24, 2.45) is 0 Å². The molecule has 0 spiro atoms. The summed E-state index contributed by atoms with van der Waals surface area (Å²) >= 11 is 0. The van der Waals surface area contributed by atoms with Gasteiger partial charge in [0.2, 0.25) is 11.8 Å². The summed E-state index contributed by atoms with van der Waals surface area (Å²) in [7, 11) is -4.09. The lowest BCUT2D eigenvalue weighted by molar-refractivity contribution is -0.139. The second-order valence-corrected chi connectivity index (χ2v) is 11.5. The van der Waals surface area contributed by atoms with Gasteiger partial charge in [-0.2, -0.15) is 0 Å². The van der Waals surface area contributed by atoms with Crippen LogP contribution in [0.5, 0.6) is 0 Å². The molecule has 0 aliphatic rings. The molecule has 0 fully saturated rings. The van der Waals surface area contributed by atoms with Gasteiger partial charge in [-0.05, 0) is 82.0 Å². The highest BCUT2D eigenvalue weighted by atomic mass is 32.2. The number of benzene rings is 3. The van der Waals surface area contributed by atoms with Crippen molar-refractivity contribution < 1.29 is 18.0 Å². The molecule has 8 heteroatoms. The van der Waals surface area contributed by atoms with Crippen LogP contribution in [-0.4, -0.2) is 44.3 Å². The molecule has 0 aliphatic carbocycles. The Morgan fingerprint density at radius 3 is 2.13 bits per heavy atom. The molecule has 0 unspecified atom stereocenters. The molecule has 0 bridgehead atoms. The Kier molecular flexibility index (Phi) is 9.33. The average molecular weight is 536 g/mol. The third-order valence-electron chi connectivity index (χ3n) is 6.64. The predicted octanol–water partition coefficient (Wildman–Crippen LogP) is 4.67. The van der Waals surface area contributed by atoms with E-state index in [0.717, 1.165) is 32.1 Å². The molecule has 7 nitrogen and oxygen atoms in total. The second-order valence-electron chi connectivity index (χ2n) is 9.63. The number of aryl methyl sites for hydroxylation is 4. The van der Waals surface area contributed by atoms with Crippen molar-refractivity contribution in [2.45, 2.75) is 59.0 Å². The molecule has 1 atom stereocenters. The maximum atomic E-state index is 14.0. The van der Waals surface area contributed by atoms with E-state index < -0.39 is 28.5 Å². The van der Waals surface area contributed by atoms with Crippen LogP contribution < -0.4 is 9.62 Å². The first-order chi connectivity index (χ1) is 17.9. The number of carbonyl (C=O) groups is 2. The van der Waals surface area contributed by atoms with Gasteiger partial charge in [0.1, 0.15) is 12.6 Å². The molecule has 202 valence electrons. The van der Waals surface area contributed by atoms with Crippen molar-refractivity contribution in [2.75, 3.05) is 17.4 Å². The number of amides is 2. The van der Waals surface area contributed by atoms with Crippen LogP contribution in [0.2, 0.25) is 0 Å². The fraction of sp³-hybridized carbons (Fsp3) is 0.333. The van der Waals surface area contributed by atoms with Gasteiger partial charge in [-0.1, -0.05) is 54.1 Å². The van der Waals surface area contributed by atoms with Gasteiger partial charge in [-0.25, -0.2) is 8.42 Å². The van der Waals surface area contributed by atoms with E-state index >= 15 is 0 Å². The number of carbonyl (C=O) groups excluding carboxylic acids is 2. The first-order valence-corrected chi connectivity index (χ1v) is 14.2. The Morgan fingerprint density at radius 1 is 0.868 bits per heavy atom. The van der Waals surface area contributed by atoms with Crippen molar-refractivity contribution in [1.82, 2.24) is 10.2 Å². The zero-order valence-corrected chi connectivity index (χ0v) is 23.8. The minimum Gasteiger partial charge on any atom is -0.355 e. The Balaban J connectivity index is 2.09. The van der Waals surface area contributed by atoms with Crippen molar-refractivity contribution in [1.29, 1.82) is 0 Å². The lowest BCUT2D eigenvalue weighted by Gasteiger charge is -2.32. The summed E-state index contributed by atoms with van der Waals surface area (Å²) in [4.78, 5) is 28.3. The van der Waals surface area contributed by atoms with Gasteiger partial charge in [0.15, 0.2) is 0 Å². The normalized spacial score (nSPS) is 12.1. The lowest BCUT2D eigenvalue weighted by atomic mass is 10.1. The fourth-order valence-electron chi connectivity index (χ4n) is 4.21. The van der Waals surface area contributed by atoms with Crippen LogP contribution in [0.3, 0.4) is 0 Å². The zero-order chi connectivity index (χ0) is 28.0. The number of hydrogen-bond donors (Lipinski definition) is 1. The maximum Gasteiger partial charge on any atom is 0.264 e. The lowest BCUT2D eigenvalue weighted by Crippen LogP contribution is -2.51. The molecule has 2 amide bonds. The van der Waals surface area contributed by atoms with Crippen LogP contribution in [0.4, 0.5) is 5.69 Å². The van der Waals surface area contributed by atoms with E-state index in [1.807, 2.05) is 71.0 Å². The van der Waals surface area contributed by atoms with E-state index in [2.05, 4.69) is 5.32 Å². The molecular formula is C30H37N3O4S. The highest BCUT2D eigenvalue weighted by molar-refractivity contribution is 7.92. The number of rotatable bonds is 10. The minimum atomic E-state index is -4.09. The summed E-state index contributed by atoms with van der Waals surface area (Å²) in [5.41, 5.74) is 4.82. The molecule has 3 aromatic carbocycles. The van der Waals surface area contributed by atoms with Crippen LogP contribution in [0, 0.1) is 27.7 Å². The molecule has 0 aromatic heterocycles. The molecule has 3 rings (SSSR count). The summed E-state index contributed by atoms with van der Waals surface area (Å²) in [6.07, 6.45) is 0. The molecule has 0 saturated heterocycles. The van der Waals surface area contributed by atoms with Gasteiger partial charge < -0.3 is 10.2 Å².